The molecule has 1 saturated carbocycles. The topological polar surface area (TPSA) is 95.6 Å². The molecule has 0 saturated heterocycles. The minimum atomic E-state index is -3.86. The van der Waals surface area contributed by atoms with Crippen LogP contribution in [0.1, 0.15) is 32.1 Å². The molecule has 9 heteroatoms. The van der Waals surface area contributed by atoms with Crippen LogP contribution in [0.5, 0.6) is 0 Å². The summed E-state index contributed by atoms with van der Waals surface area (Å²) in [5.74, 6) is 0. The van der Waals surface area contributed by atoms with Crippen LogP contribution in [-0.4, -0.2) is 41.3 Å². The maximum absolute atomic E-state index is 12.8. The first-order chi connectivity index (χ1) is 13.7. The van der Waals surface area contributed by atoms with Crippen LogP contribution in [0.2, 0.25) is 0 Å². The Morgan fingerprint density at radius 3 is 1.93 bits per heavy atom. The third-order valence-corrected chi connectivity index (χ3v) is 8.26. The van der Waals surface area contributed by atoms with E-state index in [9.17, 15) is 16.8 Å². The molecule has 0 aliphatic heterocycles. The summed E-state index contributed by atoms with van der Waals surface area (Å²) in [6, 6.07) is 12.8. The van der Waals surface area contributed by atoms with Gasteiger partial charge in [0.25, 0.3) is 10.0 Å². The van der Waals surface area contributed by atoms with E-state index < -0.39 is 20.0 Å². The van der Waals surface area contributed by atoms with Crippen molar-refractivity contribution in [3.05, 3.63) is 48.5 Å². The van der Waals surface area contributed by atoms with Crippen LogP contribution in [0.4, 0.5) is 11.4 Å². The van der Waals surface area contributed by atoms with Gasteiger partial charge in [0.15, 0.2) is 0 Å². The van der Waals surface area contributed by atoms with Gasteiger partial charge in [0.1, 0.15) is 0 Å². The van der Waals surface area contributed by atoms with Gasteiger partial charge in [-0.1, -0.05) is 31.4 Å². The molecule has 0 spiro atoms. The molecule has 2 aromatic carbocycles. The molecule has 0 bridgehead atoms. The van der Waals surface area contributed by atoms with Gasteiger partial charge in [0.2, 0.25) is 10.0 Å². The van der Waals surface area contributed by atoms with E-state index in [0.29, 0.717) is 11.7 Å². The van der Waals surface area contributed by atoms with E-state index in [2.05, 4.69) is 10.0 Å². The summed E-state index contributed by atoms with van der Waals surface area (Å²) in [6.45, 7) is 0. The lowest BCUT2D eigenvalue weighted by molar-refractivity contribution is 0.463. The van der Waals surface area contributed by atoms with Crippen LogP contribution in [0, 0.1) is 0 Å². The number of para-hydroxylation sites is 2. The van der Waals surface area contributed by atoms with Gasteiger partial charge in [-0.2, -0.15) is 0 Å². The second kappa shape index (κ2) is 8.73. The average molecular weight is 438 g/mol. The zero-order valence-corrected chi connectivity index (χ0v) is 18.3. The van der Waals surface area contributed by atoms with Crippen LogP contribution >= 0.6 is 0 Å². The minimum absolute atomic E-state index is 0.00248. The highest BCUT2D eigenvalue weighted by molar-refractivity contribution is 7.92. The molecule has 0 radical (unpaired) electrons. The van der Waals surface area contributed by atoms with E-state index in [0.717, 1.165) is 22.8 Å². The fraction of sp³-hybridized carbons (Fsp3) is 0.400. The lowest BCUT2D eigenvalue weighted by Gasteiger charge is -2.25. The molecular weight excluding hydrogens is 410 g/mol. The summed E-state index contributed by atoms with van der Waals surface area (Å²) in [7, 11) is -4.61. The van der Waals surface area contributed by atoms with E-state index in [1.54, 1.807) is 12.1 Å². The zero-order valence-electron chi connectivity index (χ0n) is 16.6. The fourth-order valence-electron chi connectivity index (χ4n) is 3.37. The molecule has 7 nitrogen and oxygen atoms in total. The molecule has 0 aromatic heterocycles. The third kappa shape index (κ3) is 5.09. The number of nitrogens with one attached hydrogen (secondary N) is 2. The first-order valence-electron chi connectivity index (χ1n) is 9.61. The maximum atomic E-state index is 12.8. The van der Waals surface area contributed by atoms with Gasteiger partial charge in [-0.25, -0.2) is 21.1 Å². The van der Waals surface area contributed by atoms with Crippen molar-refractivity contribution in [2.24, 2.45) is 0 Å². The standard InChI is InChI=1S/C20H27N3O4S2/c1-23(2)29(26,27)18-14-12-17(13-15-18)28(24,25)22-20-11-7-6-10-19(20)21-16-8-4-3-5-9-16/h6-7,10-16,21-22H,3-5,8-9H2,1-2H3. The summed E-state index contributed by atoms with van der Waals surface area (Å²) in [5.41, 5.74) is 1.22. The Balaban J connectivity index is 1.81. The molecule has 158 valence electrons. The maximum Gasteiger partial charge on any atom is 0.261 e. The molecule has 1 fully saturated rings. The molecule has 0 unspecified atom stereocenters. The molecule has 0 heterocycles. The largest absolute Gasteiger partial charge is 0.381 e. The van der Waals surface area contributed by atoms with Crippen LogP contribution in [0.25, 0.3) is 0 Å². The Kier molecular flexibility index (Phi) is 6.50. The lowest BCUT2D eigenvalue weighted by atomic mass is 9.95. The zero-order chi connectivity index (χ0) is 21.1. The molecule has 29 heavy (non-hydrogen) atoms. The smallest absolute Gasteiger partial charge is 0.261 e. The summed E-state index contributed by atoms with van der Waals surface area (Å²) >= 11 is 0. The highest BCUT2D eigenvalue weighted by atomic mass is 32.2. The summed E-state index contributed by atoms with van der Waals surface area (Å²) in [5, 5.41) is 3.45. The Hall–Kier alpha value is -2.10. The van der Waals surface area contributed by atoms with Gasteiger partial charge in [-0.3, -0.25) is 4.72 Å². The third-order valence-electron chi connectivity index (χ3n) is 5.05. The Morgan fingerprint density at radius 1 is 0.793 bits per heavy atom. The summed E-state index contributed by atoms with van der Waals surface area (Å²) in [4.78, 5) is 0.0449. The quantitative estimate of drug-likeness (QED) is 0.691. The SMILES string of the molecule is CN(C)S(=O)(=O)c1ccc(S(=O)(=O)Nc2ccccc2NC2CCCCC2)cc1. The second-order valence-electron chi connectivity index (χ2n) is 7.39. The Bertz CT molecular complexity index is 1040. The van der Waals surface area contributed by atoms with Gasteiger partial charge in [-0.15, -0.1) is 0 Å². The van der Waals surface area contributed by atoms with Crippen molar-refractivity contribution in [1.29, 1.82) is 0 Å². The van der Waals surface area contributed by atoms with Crippen LogP contribution in [-0.2, 0) is 20.0 Å². The van der Waals surface area contributed by atoms with Gasteiger partial charge in [0.05, 0.1) is 21.2 Å². The average Bonchev–Trinajstić information content (AvgIpc) is 2.70. The van der Waals surface area contributed by atoms with Crippen molar-refractivity contribution in [3.63, 3.8) is 0 Å². The second-order valence-corrected chi connectivity index (χ2v) is 11.2. The molecule has 2 N–H and O–H groups in total. The van der Waals surface area contributed by atoms with Crippen molar-refractivity contribution in [1.82, 2.24) is 4.31 Å². The Morgan fingerprint density at radius 2 is 1.34 bits per heavy atom. The van der Waals surface area contributed by atoms with Crippen molar-refractivity contribution in [2.45, 2.75) is 47.9 Å². The normalized spacial score (nSPS) is 16.0. The molecule has 1 aliphatic rings. The number of sulfonamides is 2. The van der Waals surface area contributed by atoms with Crippen molar-refractivity contribution in [3.8, 4) is 0 Å². The van der Waals surface area contributed by atoms with Gasteiger partial charge >= 0.3 is 0 Å². The van der Waals surface area contributed by atoms with Crippen molar-refractivity contribution < 1.29 is 16.8 Å². The van der Waals surface area contributed by atoms with E-state index in [1.807, 2.05) is 12.1 Å². The summed E-state index contributed by atoms with van der Waals surface area (Å²) < 4.78 is 53.7. The van der Waals surface area contributed by atoms with Gasteiger partial charge in [0, 0.05) is 20.1 Å². The van der Waals surface area contributed by atoms with Crippen LogP contribution in [0.15, 0.2) is 58.3 Å². The molecular formula is C20H27N3O4S2. The molecule has 0 atom stereocenters. The number of nitrogens with zero attached hydrogens (tertiary/aromatic N) is 1. The first-order valence-corrected chi connectivity index (χ1v) is 12.5. The van der Waals surface area contributed by atoms with E-state index in [-0.39, 0.29) is 9.79 Å². The van der Waals surface area contributed by atoms with Crippen molar-refractivity contribution >= 4 is 31.4 Å². The number of anilines is 2. The molecule has 1 aliphatic carbocycles. The van der Waals surface area contributed by atoms with E-state index >= 15 is 0 Å². The summed E-state index contributed by atoms with van der Waals surface area (Å²) in [6.07, 6.45) is 5.74. The highest BCUT2D eigenvalue weighted by Gasteiger charge is 2.21. The van der Waals surface area contributed by atoms with Crippen LogP contribution in [0.3, 0.4) is 0 Å². The number of hydrogen-bond donors (Lipinski definition) is 2. The number of hydrogen-bond acceptors (Lipinski definition) is 5. The highest BCUT2D eigenvalue weighted by Crippen LogP contribution is 2.28. The minimum Gasteiger partial charge on any atom is -0.381 e. The van der Waals surface area contributed by atoms with Gasteiger partial charge in [-0.05, 0) is 49.2 Å². The molecule has 0 amide bonds. The Labute approximate surface area is 173 Å². The first kappa shape index (κ1) is 21.6. The molecule has 3 rings (SSSR count). The lowest BCUT2D eigenvalue weighted by Crippen LogP contribution is -2.23. The van der Waals surface area contributed by atoms with E-state index in [1.165, 1.54) is 57.6 Å². The fourth-order valence-corrected chi connectivity index (χ4v) is 5.35. The molecule has 2 aromatic rings. The number of benzene rings is 2. The predicted octanol–water partition coefficient (Wildman–Crippen LogP) is 3.48. The van der Waals surface area contributed by atoms with E-state index in [4.69, 9.17) is 0 Å². The van der Waals surface area contributed by atoms with Crippen LogP contribution < -0.4 is 10.0 Å². The number of rotatable bonds is 7. The van der Waals surface area contributed by atoms with Crippen molar-refractivity contribution in [2.75, 3.05) is 24.1 Å². The predicted molar refractivity (Wildman–Crippen MR) is 115 cm³/mol. The monoisotopic (exact) mass is 437 g/mol. The van der Waals surface area contributed by atoms with Gasteiger partial charge < -0.3 is 5.32 Å².